The topological polar surface area (TPSA) is 92.6 Å². The molecule has 3 aromatic carbocycles. The highest BCUT2D eigenvalue weighted by molar-refractivity contribution is 7.89. The lowest BCUT2D eigenvalue weighted by molar-refractivity contribution is 0.0697. The molecule has 1 fully saturated rings. The third kappa shape index (κ3) is 4.36. The number of benzene rings is 3. The second-order valence-corrected chi connectivity index (χ2v) is 10.4. The summed E-state index contributed by atoms with van der Waals surface area (Å²) in [5.74, 6) is -0.327. The molecule has 1 aliphatic heterocycles. The van der Waals surface area contributed by atoms with Gasteiger partial charge in [0.25, 0.3) is 5.91 Å². The summed E-state index contributed by atoms with van der Waals surface area (Å²) in [6.45, 7) is 2.37. The zero-order chi connectivity index (χ0) is 24.6. The summed E-state index contributed by atoms with van der Waals surface area (Å²) < 4.78 is 29.4. The number of piperazine rings is 1. The number of sulfonamides is 1. The van der Waals surface area contributed by atoms with Gasteiger partial charge in [0.2, 0.25) is 10.0 Å². The van der Waals surface area contributed by atoms with Crippen LogP contribution in [0.5, 0.6) is 0 Å². The van der Waals surface area contributed by atoms with Gasteiger partial charge in [-0.2, -0.15) is 4.31 Å². The number of hydrogen-bond acceptors (Lipinski definition) is 5. The van der Waals surface area contributed by atoms with E-state index in [4.69, 9.17) is 0 Å². The second kappa shape index (κ2) is 9.09. The smallest absolute Gasteiger partial charge is 0.253 e. The van der Waals surface area contributed by atoms with Gasteiger partial charge < -0.3 is 4.90 Å². The largest absolute Gasteiger partial charge is 0.336 e. The van der Waals surface area contributed by atoms with E-state index in [2.05, 4.69) is 4.98 Å². The molecule has 9 heteroatoms. The normalized spacial score (nSPS) is 14.8. The average molecular weight is 489 g/mol. The molecule has 1 aromatic heterocycles. The van der Waals surface area contributed by atoms with Gasteiger partial charge in [0.1, 0.15) is 6.33 Å². The maximum absolute atomic E-state index is 13.1. The van der Waals surface area contributed by atoms with Crippen LogP contribution in [0.25, 0.3) is 16.7 Å². The van der Waals surface area contributed by atoms with Crippen molar-refractivity contribution in [2.24, 2.45) is 0 Å². The van der Waals surface area contributed by atoms with Crippen LogP contribution in [0.3, 0.4) is 0 Å². The van der Waals surface area contributed by atoms with Crippen LogP contribution in [0.15, 0.2) is 84.0 Å². The van der Waals surface area contributed by atoms with E-state index in [0.717, 1.165) is 16.7 Å². The van der Waals surface area contributed by atoms with Crippen LogP contribution in [0.2, 0.25) is 0 Å². The first-order chi connectivity index (χ1) is 16.8. The number of carbonyl (C=O) groups is 2. The Morgan fingerprint density at radius 3 is 2.26 bits per heavy atom. The Kier molecular flexibility index (Phi) is 5.96. The van der Waals surface area contributed by atoms with Gasteiger partial charge in [0.15, 0.2) is 5.78 Å². The van der Waals surface area contributed by atoms with Crippen molar-refractivity contribution in [3.05, 3.63) is 90.3 Å². The highest BCUT2D eigenvalue weighted by atomic mass is 32.2. The summed E-state index contributed by atoms with van der Waals surface area (Å²) in [6, 6.07) is 21.2. The van der Waals surface area contributed by atoms with Crippen molar-refractivity contribution in [3.8, 4) is 5.69 Å². The summed E-state index contributed by atoms with van der Waals surface area (Å²) >= 11 is 0. The summed E-state index contributed by atoms with van der Waals surface area (Å²) in [5.41, 5.74) is 3.68. The van der Waals surface area contributed by atoms with Gasteiger partial charge in [-0.3, -0.25) is 14.2 Å². The zero-order valence-electron chi connectivity index (χ0n) is 19.2. The van der Waals surface area contributed by atoms with Crippen molar-refractivity contribution in [3.63, 3.8) is 0 Å². The van der Waals surface area contributed by atoms with Gasteiger partial charge in [-0.1, -0.05) is 24.3 Å². The fourth-order valence-corrected chi connectivity index (χ4v) is 5.74. The monoisotopic (exact) mass is 488 g/mol. The molecule has 8 nitrogen and oxygen atoms in total. The lowest BCUT2D eigenvalue weighted by Crippen LogP contribution is -2.50. The minimum absolute atomic E-state index is 0.0904. The number of fused-ring (bicyclic) bond motifs is 1. The number of Topliss-reactive ketones (excluding diaryl/α,β-unsaturated/α-hetero) is 1. The Morgan fingerprint density at radius 1 is 0.829 bits per heavy atom. The van der Waals surface area contributed by atoms with Gasteiger partial charge in [-0.15, -0.1) is 0 Å². The number of carbonyl (C=O) groups excluding carboxylic acids is 2. The Bertz CT molecular complexity index is 1520. The Hall–Kier alpha value is -3.82. The van der Waals surface area contributed by atoms with Crippen molar-refractivity contribution in [2.45, 2.75) is 11.8 Å². The van der Waals surface area contributed by atoms with E-state index in [0.29, 0.717) is 24.2 Å². The van der Waals surface area contributed by atoms with E-state index >= 15 is 0 Å². The number of amides is 1. The molecule has 0 aliphatic carbocycles. The molecule has 0 atom stereocenters. The molecular weight excluding hydrogens is 464 g/mol. The zero-order valence-corrected chi connectivity index (χ0v) is 20.0. The predicted molar refractivity (Wildman–Crippen MR) is 132 cm³/mol. The van der Waals surface area contributed by atoms with Crippen LogP contribution < -0.4 is 0 Å². The van der Waals surface area contributed by atoms with Crippen LogP contribution in [0.4, 0.5) is 0 Å². The SMILES string of the molecule is CC(=O)c1cccc(S(=O)(=O)N2CCN(C(=O)c3ccc(-n4cnc5ccccc54)cc3)CC2)c1. The number of ketones is 1. The summed E-state index contributed by atoms with van der Waals surface area (Å²) in [4.78, 5) is 30.9. The highest BCUT2D eigenvalue weighted by Crippen LogP contribution is 2.21. The maximum Gasteiger partial charge on any atom is 0.253 e. The average Bonchev–Trinajstić information content (AvgIpc) is 3.33. The quantitative estimate of drug-likeness (QED) is 0.402. The molecule has 4 aromatic rings. The lowest BCUT2D eigenvalue weighted by atomic mass is 10.1. The summed E-state index contributed by atoms with van der Waals surface area (Å²) in [5, 5.41) is 0. The minimum Gasteiger partial charge on any atom is -0.336 e. The van der Waals surface area contributed by atoms with Gasteiger partial charge >= 0.3 is 0 Å². The number of imidazole rings is 1. The molecule has 1 saturated heterocycles. The maximum atomic E-state index is 13.1. The van der Waals surface area contributed by atoms with Crippen LogP contribution in [0, 0.1) is 0 Å². The van der Waals surface area contributed by atoms with Crippen LogP contribution in [-0.4, -0.2) is 65.0 Å². The molecule has 1 aliphatic rings. The standard InChI is InChI=1S/C26H24N4O4S/c1-19(31)21-5-4-6-23(17-21)35(33,34)29-15-13-28(14-16-29)26(32)20-9-11-22(12-10-20)30-18-27-24-7-2-3-8-25(24)30/h2-12,17-18H,13-16H2,1H3. The fourth-order valence-electron chi connectivity index (χ4n) is 4.27. The molecule has 5 rings (SSSR count). The van der Waals surface area contributed by atoms with Gasteiger partial charge in [0, 0.05) is 43.0 Å². The number of hydrogen-bond donors (Lipinski definition) is 0. The first kappa shape index (κ1) is 22.9. The molecule has 0 bridgehead atoms. The predicted octanol–water partition coefficient (Wildman–Crippen LogP) is 3.37. The molecule has 178 valence electrons. The highest BCUT2D eigenvalue weighted by Gasteiger charge is 2.30. The van der Waals surface area contributed by atoms with Crippen LogP contribution in [0.1, 0.15) is 27.6 Å². The molecule has 1 amide bonds. The van der Waals surface area contributed by atoms with E-state index in [1.54, 1.807) is 35.5 Å². The molecule has 0 unspecified atom stereocenters. The van der Waals surface area contributed by atoms with E-state index in [9.17, 15) is 18.0 Å². The Balaban J connectivity index is 1.27. The van der Waals surface area contributed by atoms with E-state index in [1.165, 1.54) is 23.4 Å². The Morgan fingerprint density at radius 2 is 1.54 bits per heavy atom. The van der Waals surface area contributed by atoms with Gasteiger partial charge in [-0.25, -0.2) is 13.4 Å². The molecule has 35 heavy (non-hydrogen) atoms. The van der Waals surface area contributed by atoms with Crippen molar-refractivity contribution < 1.29 is 18.0 Å². The van der Waals surface area contributed by atoms with Crippen molar-refractivity contribution in [1.82, 2.24) is 18.8 Å². The molecule has 0 spiro atoms. The van der Waals surface area contributed by atoms with Crippen molar-refractivity contribution >= 4 is 32.7 Å². The molecule has 2 heterocycles. The molecule has 0 N–H and O–H groups in total. The minimum atomic E-state index is -3.75. The van der Waals surface area contributed by atoms with Crippen molar-refractivity contribution in [1.29, 1.82) is 0 Å². The molecule has 0 radical (unpaired) electrons. The first-order valence-electron chi connectivity index (χ1n) is 11.3. The summed E-state index contributed by atoms with van der Waals surface area (Å²) in [7, 11) is -3.75. The van der Waals surface area contributed by atoms with Gasteiger partial charge in [-0.05, 0) is 55.5 Å². The number of aromatic nitrogens is 2. The lowest BCUT2D eigenvalue weighted by Gasteiger charge is -2.34. The second-order valence-electron chi connectivity index (χ2n) is 8.43. The third-order valence-electron chi connectivity index (χ3n) is 6.25. The van der Waals surface area contributed by atoms with E-state index in [-0.39, 0.29) is 29.7 Å². The first-order valence-corrected chi connectivity index (χ1v) is 12.7. The number of rotatable bonds is 5. The molecule has 0 saturated carbocycles. The number of para-hydroxylation sites is 2. The van der Waals surface area contributed by atoms with Crippen molar-refractivity contribution in [2.75, 3.05) is 26.2 Å². The van der Waals surface area contributed by atoms with Crippen LogP contribution >= 0.6 is 0 Å². The Labute approximate surface area is 203 Å². The third-order valence-corrected chi connectivity index (χ3v) is 8.14. The van der Waals surface area contributed by atoms with Crippen LogP contribution in [-0.2, 0) is 10.0 Å². The molecular formula is C26H24N4O4S. The van der Waals surface area contributed by atoms with Gasteiger partial charge in [0.05, 0.1) is 15.9 Å². The van der Waals surface area contributed by atoms with E-state index in [1.807, 2.05) is 41.0 Å². The summed E-state index contributed by atoms with van der Waals surface area (Å²) in [6.07, 6.45) is 1.76. The number of nitrogens with zero attached hydrogens (tertiary/aromatic N) is 4. The fraction of sp³-hybridized carbons (Fsp3) is 0.192. The van der Waals surface area contributed by atoms with E-state index < -0.39 is 10.0 Å².